The van der Waals surface area contributed by atoms with Crippen LogP contribution in [0.15, 0.2) is 0 Å². The maximum absolute atomic E-state index is 8.35. The van der Waals surface area contributed by atoms with Gasteiger partial charge < -0.3 is 19.6 Å². The van der Waals surface area contributed by atoms with Crippen LogP contribution in [-0.4, -0.2) is 100 Å². The van der Waals surface area contributed by atoms with Gasteiger partial charge in [0.1, 0.15) is 0 Å². The van der Waals surface area contributed by atoms with E-state index in [1.54, 1.807) is 19.6 Å². The molecule has 0 bridgehead atoms. The molecule has 128 valence electrons. The highest BCUT2D eigenvalue weighted by Crippen LogP contribution is 1.81. The molecule has 10 nitrogen and oxygen atoms in total. The van der Waals surface area contributed by atoms with E-state index in [0.717, 1.165) is 12.2 Å². The smallest absolute Gasteiger partial charge is 0.231 e. The van der Waals surface area contributed by atoms with Crippen LogP contribution in [0.4, 0.5) is 0 Å². The van der Waals surface area contributed by atoms with Gasteiger partial charge in [0.25, 0.3) is 0 Å². The van der Waals surface area contributed by atoms with Crippen molar-refractivity contribution in [2.75, 3.05) is 56.4 Å². The van der Waals surface area contributed by atoms with E-state index in [4.69, 9.17) is 31.2 Å². The first-order valence-electron chi connectivity index (χ1n) is 5.88. The Morgan fingerprint density at radius 2 is 0.682 bits per heavy atom. The summed E-state index contributed by atoms with van der Waals surface area (Å²) in [6.07, 6.45) is 1.50. The largest absolute Gasteiger partial charge is 0.349 e. The molecule has 0 saturated heterocycles. The lowest BCUT2D eigenvalue weighted by Gasteiger charge is -2.19. The van der Waals surface area contributed by atoms with Crippen LogP contribution in [0.5, 0.6) is 0 Å². The summed E-state index contributed by atoms with van der Waals surface area (Å²) < 4.78 is 0. The predicted molar refractivity (Wildman–Crippen MR) is 87.0 cm³/mol. The fourth-order valence-electron chi connectivity index (χ4n) is 0.800. The maximum Gasteiger partial charge on any atom is 0.231 e. The van der Waals surface area contributed by atoms with E-state index in [1.165, 1.54) is 0 Å². The van der Waals surface area contributed by atoms with Crippen molar-refractivity contribution in [3.63, 3.8) is 0 Å². The molecule has 0 aliphatic rings. The van der Waals surface area contributed by atoms with E-state index < -0.39 is 0 Å². The predicted octanol–water partition coefficient (Wildman–Crippen LogP) is -0.109. The van der Waals surface area contributed by atoms with Gasteiger partial charge in [-0.2, -0.15) is 0 Å². The Kier molecular flexibility index (Phi) is 23.0. The topological polar surface area (TPSA) is 142 Å². The van der Waals surface area contributed by atoms with E-state index in [1.807, 2.05) is 56.4 Å². The molecule has 0 spiro atoms. The quantitative estimate of drug-likeness (QED) is 0.279. The third-order valence-electron chi connectivity index (χ3n) is 1.69. The van der Waals surface area contributed by atoms with Gasteiger partial charge in [0.2, 0.25) is 12.2 Å². The van der Waals surface area contributed by atoms with Gasteiger partial charge >= 0.3 is 0 Å². The molecule has 10 heteroatoms. The molecular formula is C12H28N8O2. The fourth-order valence-corrected chi connectivity index (χ4v) is 0.800. The molecule has 0 fully saturated rings. The van der Waals surface area contributed by atoms with E-state index in [-0.39, 0.29) is 0 Å². The van der Waals surface area contributed by atoms with Crippen molar-refractivity contribution in [3.8, 4) is 0 Å². The van der Waals surface area contributed by atoms with Crippen LogP contribution in [0, 0.1) is 21.6 Å². The number of nitrogens with one attached hydrogen (secondary N) is 4. The Morgan fingerprint density at radius 3 is 0.682 bits per heavy atom. The summed E-state index contributed by atoms with van der Waals surface area (Å²) in [5.41, 5.74) is 0. The number of hydrogen-bond acceptors (Lipinski definition) is 6. The van der Waals surface area contributed by atoms with Gasteiger partial charge in [-0.05, 0) is 0 Å². The van der Waals surface area contributed by atoms with Crippen LogP contribution in [0.25, 0.3) is 0 Å². The summed E-state index contributed by atoms with van der Waals surface area (Å²) in [7, 11) is 14.8. The van der Waals surface area contributed by atoms with Crippen LogP contribution in [0.3, 0.4) is 0 Å². The minimum atomic E-state index is 0.519. The van der Waals surface area contributed by atoms with Gasteiger partial charge in [0.15, 0.2) is 11.9 Å². The molecule has 0 radical (unpaired) electrons. The first kappa shape index (κ1) is 27.6. The molecule has 0 rings (SSSR count). The van der Waals surface area contributed by atoms with Crippen molar-refractivity contribution in [1.82, 2.24) is 19.6 Å². The highest BCUT2D eigenvalue weighted by molar-refractivity contribution is 5.75. The van der Waals surface area contributed by atoms with E-state index in [0.29, 0.717) is 11.9 Å². The molecule has 0 atom stereocenters. The molecule has 0 unspecified atom stereocenters. The standard InChI is InChI=1S/2C5H13N3.2CHNO/c2*1-7(2)5(6)8(3)4;2*2-1-3/h2*6H,1-4H3;2*2H. The molecule has 0 aromatic carbocycles. The van der Waals surface area contributed by atoms with Gasteiger partial charge in [-0.25, -0.2) is 20.4 Å². The lowest BCUT2D eigenvalue weighted by atomic mass is 10.7. The maximum atomic E-state index is 8.35. The highest BCUT2D eigenvalue weighted by Gasteiger charge is 1.98. The van der Waals surface area contributed by atoms with Gasteiger partial charge in [-0.3, -0.25) is 10.8 Å². The minimum absolute atomic E-state index is 0.519. The van der Waals surface area contributed by atoms with Crippen molar-refractivity contribution in [1.29, 1.82) is 21.6 Å². The third kappa shape index (κ3) is 26.0. The van der Waals surface area contributed by atoms with Crippen LogP contribution < -0.4 is 0 Å². The van der Waals surface area contributed by atoms with Crippen LogP contribution >= 0.6 is 0 Å². The van der Waals surface area contributed by atoms with E-state index in [2.05, 4.69) is 0 Å². The van der Waals surface area contributed by atoms with Crippen LogP contribution in [0.1, 0.15) is 0 Å². The lowest BCUT2D eigenvalue weighted by molar-refractivity contribution is 0.478. The zero-order valence-electron chi connectivity index (χ0n) is 14.6. The Hall–Kier alpha value is -2.70. The highest BCUT2D eigenvalue weighted by atomic mass is 16.1. The normalized spacial score (nSPS) is 6.91. The summed E-state index contributed by atoms with van der Waals surface area (Å²) in [5.74, 6) is 1.04. The molecule has 0 aliphatic heterocycles. The SMILES string of the molecule is CN(C)C(=N)N(C)C.CN(C)C(=N)N(C)C.N=C=O.N=C=O. The molecule has 0 saturated carbocycles. The minimum Gasteiger partial charge on any atom is -0.349 e. The molecule has 0 aromatic rings. The van der Waals surface area contributed by atoms with Crippen LogP contribution in [0.2, 0.25) is 0 Å². The molecular weight excluding hydrogens is 288 g/mol. The fraction of sp³-hybridized carbons (Fsp3) is 0.667. The molecule has 4 N–H and O–H groups in total. The van der Waals surface area contributed by atoms with Gasteiger partial charge in [-0.1, -0.05) is 0 Å². The second kappa shape index (κ2) is 18.3. The third-order valence-corrected chi connectivity index (χ3v) is 1.69. The van der Waals surface area contributed by atoms with Gasteiger partial charge in [0.05, 0.1) is 0 Å². The number of carbonyl (C=O) groups excluding carboxylic acids is 2. The summed E-state index contributed by atoms with van der Waals surface area (Å²) in [4.78, 5) is 23.7. The first-order chi connectivity index (χ1) is 9.94. The molecule has 0 heterocycles. The summed E-state index contributed by atoms with van der Waals surface area (Å²) in [6.45, 7) is 0. The lowest BCUT2D eigenvalue weighted by Crippen LogP contribution is -2.34. The second-order valence-electron chi connectivity index (χ2n) is 4.43. The molecule has 0 aromatic heterocycles. The number of isocyanates is 2. The Balaban J connectivity index is -0.000000109. The number of nitrogens with zero attached hydrogens (tertiary/aromatic N) is 4. The van der Waals surface area contributed by atoms with Crippen molar-refractivity contribution in [2.24, 2.45) is 0 Å². The van der Waals surface area contributed by atoms with Crippen molar-refractivity contribution >= 4 is 24.1 Å². The Bertz CT molecular complexity index is 309. The average molecular weight is 316 g/mol. The van der Waals surface area contributed by atoms with Crippen molar-refractivity contribution in [3.05, 3.63) is 0 Å². The molecule has 0 amide bonds. The van der Waals surface area contributed by atoms with Gasteiger partial charge in [-0.15, -0.1) is 0 Å². The average Bonchev–Trinajstić information content (AvgIpc) is 2.38. The summed E-state index contributed by atoms with van der Waals surface area (Å²) in [6, 6.07) is 0. The number of hydrogen-bond donors (Lipinski definition) is 4. The zero-order chi connectivity index (χ0) is 18.9. The second-order valence-corrected chi connectivity index (χ2v) is 4.43. The van der Waals surface area contributed by atoms with Crippen molar-refractivity contribution < 1.29 is 9.59 Å². The molecule has 0 aliphatic carbocycles. The number of guanidine groups is 2. The first-order valence-corrected chi connectivity index (χ1v) is 5.88. The molecule has 22 heavy (non-hydrogen) atoms. The Labute approximate surface area is 132 Å². The monoisotopic (exact) mass is 316 g/mol. The number of rotatable bonds is 0. The summed E-state index contributed by atoms with van der Waals surface area (Å²) in [5, 5.41) is 25.3. The van der Waals surface area contributed by atoms with Gasteiger partial charge in [0, 0.05) is 56.4 Å². The zero-order valence-corrected chi connectivity index (χ0v) is 14.6. The Morgan fingerprint density at radius 1 is 0.591 bits per heavy atom. The van der Waals surface area contributed by atoms with E-state index >= 15 is 0 Å². The van der Waals surface area contributed by atoms with E-state index in [9.17, 15) is 0 Å². The van der Waals surface area contributed by atoms with Crippen LogP contribution in [-0.2, 0) is 9.59 Å². The van der Waals surface area contributed by atoms with Crippen molar-refractivity contribution in [2.45, 2.75) is 0 Å². The summed E-state index contributed by atoms with van der Waals surface area (Å²) >= 11 is 0.